The number of methoxy groups -OCH3 is 4. The molecule has 1 aromatic rings. The Kier molecular flexibility index (Phi) is 11.2. The molecule has 0 saturated carbocycles. The van der Waals surface area contributed by atoms with Crippen LogP contribution in [0.5, 0.6) is 11.5 Å². The number of hydrogen-bond donors (Lipinski definition) is 2. The van der Waals surface area contributed by atoms with Crippen LogP contribution in [0.15, 0.2) is 18.2 Å². The van der Waals surface area contributed by atoms with Crippen molar-refractivity contribution in [3.63, 3.8) is 0 Å². The third kappa shape index (κ3) is 8.51. The summed E-state index contributed by atoms with van der Waals surface area (Å²) in [5.41, 5.74) is 0.966. The molecule has 0 spiro atoms. The van der Waals surface area contributed by atoms with Crippen molar-refractivity contribution in [3.8, 4) is 11.5 Å². The lowest BCUT2D eigenvalue weighted by Crippen LogP contribution is -3.14. The number of rotatable bonds is 14. The molecule has 2 N–H and O–H groups in total. The zero-order valence-electron chi connectivity index (χ0n) is 15.7. The van der Waals surface area contributed by atoms with Crippen molar-refractivity contribution in [1.82, 2.24) is 0 Å². The lowest BCUT2D eigenvalue weighted by Gasteiger charge is -2.22. The molecule has 1 aromatic carbocycles. The normalized spacial score (nSPS) is 12.4. The molecule has 0 aromatic heterocycles. The van der Waals surface area contributed by atoms with Crippen LogP contribution in [0.2, 0.25) is 0 Å². The molecule has 0 radical (unpaired) electrons. The fourth-order valence-corrected chi connectivity index (χ4v) is 2.50. The third-order valence-electron chi connectivity index (χ3n) is 3.87. The average Bonchev–Trinajstić information content (AvgIpc) is 2.63. The maximum absolute atomic E-state index is 10.2. The first-order chi connectivity index (χ1) is 12.1. The molecule has 0 saturated heterocycles. The Morgan fingerprint density at radius 2 is 1.60 bits per heavy atom. The van der Waals surface area contributed by atoms with Crippen molar-refractivity contribution in [3.05, 3.63) is 23.8 Å². The van der Waals surface area contributed by atoms with Crippen molar-refractivity contribution in [2.24, 2.45) is 0 Å². The van der Waals surface area contributed by atoms with Gasteiger partial charge in [0.15, 0.2) is 11.5 Å². The van der Waals surface area contributed by atoms with E-state index >= 15 is 0 Å². The van der Waals surface area contributed by atoms with E-state index in [2.05, 4.69) is 0 Å². The second-order valence-corrected chi connectivity index (χ2v) is 5.80. The Morgan fingerprint density at radius 3 is 2.16 bits per heavy atom. The van der Waals surface area contributed by atoms with Gasteiger partial charge in [0.05, 0.1) is 40.6 Å². The van der Waals surface area contributed by atoms with Crippen molar-refractivity contribution in [2.45, 2.75) is 12.7 Å². The van der Waals surface area contributed by atoms with E-state index in [0.717, 1.165) is 18.7 Å². The van der Waals surface area contributed by atoms with Crippen LogP contribution in [0.3, 0.4) is 0 Å². The Hall–Kier alpha value is -1.38. The molecular weight excluding hydrogens is 326 g/mol. The summed E-state index contributed by atoms with van der Waals surface area (Å²) < 4.78 is 26.4. The SMILES string of the molecule is COCC[NH+](CCOC)C[C@H](O)COCc1ccc(OC)c(OC)c1. The molecule has 0 bridgehead atoms. The van der Waals surface area contributed by atoms with E-state index in [-0.39, 0.29) is 6.61 Å². The molecule has 0 aliphatic rings. The van der Waals surface area contributed by atoms with E-state index in [4.69, 9.17) is 23.7 Å². The van der Waals surface area contributed by atoms with Gasteiger partial charge in [0.2, 0.25) is 0 Å². The third-order valence-corrected chi connectivity index (χ3v) is 3.87. The first-order valence-electron chi connectivity index (χ1n) is 8.42. The number of aliphatic hydroxyl groups excluding tert-OH is 1. The van der Waals surface area contributed by atoms with Gasteiger partial charge in [0.1, 0.15) is 25.7 Å². The summed E-state index contributed by atoms with van der Waals surface area (Å²) in [5, 5.41) is 10.2. The molecule has 1 rings (SSSR count). The molecule has 1 atom stereocenters. The van der Waals surface area contributed by atoms with Crippen molar-refractivity contribution < 1.29 is 33.7 Å². The maximum atomic E-state index is 10.2. The highest BCUT2D eigenvalue weighted by Gasteiger charge is 2.15. The standard InChI is InChI=1S/C18H31NO6/c1-21-9-7-19(8-10-22-2)12-16(20)14-25-13-15-5-6-17(23-3)18(11-15)24-4/h5-6,11,16,20H,7-10,12-14H2,1-4H3/p+1/t16-/m0/s1. The van der Waals surface area contributed by atoms with Gasteiger partial charge in [-0.2, -0.15) is 0 Å². The van der Waals surface area contributed by atoms with E-state index in [1.807, 2.05) is 18.2 Å². The minimum atomic E-state index is -0.538. The van der Waals surface area contributed by atoms with Crippen LogP contribution in [0.4, 0.5) is 0 Å². The Morgan fingerprint density at radius 1 is 0.960 bits per heavy atom. The smallest absolute Gasteiger partial charge is 0.161 e. The van der Waals surface area contributed by atoms with Gasteiger partial charge in [-0.1, -0.05) is 6.07 Å². The maximum Gasteiger partial charge on any atom is 0.161 e. The Bertz CT molecular complexity index is 463. The largest absolute Gasteiger partial charge is 0.493 e. The van der Waals surface area contributed by atoms with Crippen LogP contribution in [-0.4, -0.2) is 79.1 Å². The quantitative estimate of drug-likeness (QED) is 0.478. The van der Waals surface area contributed by atoms with Crippen molar-refractivity contribution in [2.75, 3.05) is 67.9 Å². The van der Waals surface area contributed by atoms with E-state index in [0.29, 0.717) is 37.9 Å². The second-order valence-electron chi connectivity index (χ2n) is 5.80. The molecule has 0 heterocycles. The highest BCUT2D eigenvalue weighted by Crippen LogP contribution is 2.27. The average molecular weight is 358 g/mol. The number of hydrogen-bond acceptors (Lipinski definition) is 6. The van der Waals surface area contributed by atoms with Gasteiger partial charge < -0.3 is 33.7 Å². The van der Waals surface area contributed by atoms with Crippen LogP contribution in [-0.2, 0) is 20.8 Å². The van der Waals surface area contributed by atoms with Gasteiger partial charge in [0, 0.05) is 14.2 Å². The van der Waals surface area contributed by atoms with Crippen molar-refractivity contribution in [1.29, 1.82) is 0 Å². The molecule has 144 valence electrons. The van der Waals surface area contributed by atoms with E-state index in [1.165, 1.54) is 4.90 Å². The summed E-state index contributed by atoms with van der Waals surface area (Å²) in [4.78, 5) is 1.23. The summed E-state index contributed by atoms with van der Waals surface area (Å²) in [7, 11) is 6.56. The number of aliphatic hydroxyl groups is 1. The molecule has 0 amide bonds. The van der Waals surface area contributed by atoms with Gasteiger partial charge >= 0.3 is 0 Å². The highest BCUT2D eigenvalue weighted by molar-refractivity contribution is 5.42. The van der Waals surface area contributed by atoms with Gasteiger partial charge in [-0.05, 0) is 17.7 Å². The number of benzene rings is 1. The molecular formula is C18H32NO6+. The Labute approximate surface area is 150 Å². The zero-order chi connectivity index (χ0) is 18.5. The van der Waals surface area contributed by atoms with E-state index in [9.17, 15) is 5.11 Å². The van der Waals surface area contributed by atoms with Crippen LogP contribution in [0.25, 0.3) is 0 Å². The van der Waals surface area contributed by atoms with Crippen LogP contribution in [0.1, 0.15) is 5.56 Å². The van der Waals surface area contributed by atoms with Gasteiger partial charge in [0.25, 0.3) is 0 Å². The minimum absolute atomic E-state index is 0.276. The fourth-order valence-electron chi connectivity index (χ4n) is 2.50. The van der Waals surface area contributed by atoms with E-state index in [1.54, 1.807) is 28.4 Å². The molecule has 7 heteroatoms. The first kappa shape index (κ1) is 21.7. The zero-order valence-corrected chi connectivity index (χ0v) is 15.7. The van der Waals surface area contributed by atoms with Crippen LogP contribution < -0.4 is 14.4 Å². The molecule has 0 aliphatic carbocycles. The molecule has 0 unspecified atom stereocenters. The lowest BCUT2D eigenvalue weighted by atomic mass is 10.2. The predicted octanol–water partition coefficient (Wildman–Crippen LogP) is -0.241. The molecule has 25 heavy (non-hydrogen) atoms. The summed E-state index contributed by atoms with van der Waals surface area (Å²) in [6.45, 7) is 4.23. The van der Waals surface area contributed by atoms with E-state index < -0.39 is 6.10 Å². The summed E-state index contributed by atoms with van der Waals surface area (Å²) >= 11 is 0. The Balaban J connectivity index is 2.40. The number of ether oxygens (including phenoxy) is 5. The molecule has 7 nitrogen and oxygen atoms in total. The van der Waals surface area contributed by atoms with Gasteiger partial charge in [-0.25, -0.2) is 0 Å². The summed E-state index contributed by atoms with van der Waals surface area (Å²) in [6.07, 6.45) is -0.538. The highest BCUT2D eigenvalue weighted by atomic mass is 16.5. The predicted molar refractivity (Wildman–Crippen MR) is 94.5 cm³/mol. The number of quaternary nitrogens is 1. The van der Waals surface area contributed by atoms with Crippen LogP contribution >= 0.6 is 0 Å². The van der Waals surface area contributed by atoms with Crippen molar-refractivity contribution >= 4 is 0 Å². The van der Waals surface area contributed by atoms with Gasteiger partial charge in [-0.3, -0.25) is 0 Å². The fraction of sp³-hybridized carbons (Fsp3) is 0.667. The van der Waals surface area contributed by atoms with Gasteiger partial charge in [-0.15, -0.1) is 0 Å². The molecule has 0 aliphatic heterocycles. The molecule has 0 fully saturated rings. The number of nitrogens with one attached hydrogen (secondary N) is 1. The van der Waals surface area contributed by atoms with Crippen LogP contribution in [0, 0.1) is 0 Å². The first-order valence-corrected chi connectivity index (χ1v) is 8.42. The summed E-state index contributed by atoms with van der Waals surface area (Å²) in [5.74, 6) is 1.35. The second kappa shape index (κ2) is 12.9. The summed E-state index contributed by atoms with van der Waals surface area (Å²) in [6, 6.07) is 5.64. The monoisotopic (exact) mass is 358 g/mol. The topological polar surface area (TPSA) is 70.8 Å². The lowest BCUT2D eigenvalue weighted by molar-refractivity contribution is -0.904. The minimum Gasteiger partial charge on any atom is -0.493 e.